The lowest BCUT2D eigenvalue weighted by Crippen LogP contribution is -2.10. The van der Waals surface area contributed by atoms with Crippen LogP contribution in [0.25, 0.3) is 0 Å². The molecule has 1 aromatic heterocycles. The first kappa shape index (κ1) is 13.1. The lowest BCUT2D eigenvalue weighted by Gasteiger charge is -2.12. The maximum absolute atomic E-state index is 11.0. The van der Waals surface area contributed by atoms with Crippen LogP contribution < -0.4 is 0 Å². The smallest absolute Gasteiger partial charge is 0.147 e. The van der Waals surface area contributed by atoms with Gasteiger partial charge in [0.15, 0.2) is 0 Å². The van der Waals surface area contributed by atoms with E-state index < -0.39 is 15.9 Å². The lowest BCUT2D eigenvalue weighted by atomic mass is 10.1. The molecule has 1 heterocycles. The van der Waals surface area contributed by atoms with Gasteiger partial charge in [0.05, 0.1) is 23.2 Å². The Labute approximate surface area is 95.4 Å². The van der Waals surface area contributed by atoms with E-state index in [0.717, 1.165) is 6.26 Å². The molecule has 0 fully saturated rings. The predicted octanol–water partition coefficient (Wildman–Crippen LogP) is 0.562. The largest absolute Gasteiger partial charge is 0.388 e. The van der Waals surface area contributed by atoms with Crippen molar-refractivity contribution < 1.29 is 13.5 Å². The van der Waals surface area contributed by atoms with E-state index in [1.54, 1.807) is 19.9 Å². The van der Waals surface area contributed by atoms with Crippen LogP contribution in [0, 0.1) is 13.8 Å². The number of rotatable bonds is 4. The summed E-state index contributed by atoms with van der Waals surface area (Å²) in [4.78, 5) is 0. The van der Waals surface area contributed by atoms with E-state index in [1.165, 1.54) is 0 Å². The van der Waals surface area contributed by atoms with Crippen molar-refractivity contribution in [2.45, 2.75) is 26.4 Å². The summed E-state index contributed by atoms with van der Waals surface area (Å²) in [7, 11) is -3.05. The predicted molar refractivity (Wildman–Crippen MR) is 60.8 cm³/mol. The zero-order valence-corrected chi connectivity index (χ0v) is 10.5. The second-order valence-corrected chi connectivity index (χ2v) is 6.22. The highest BCUT2D eigenvalue weighted by atomic mass is 32.2. The molecule has 0 spiro atoms. The van der Waals surface area contributed by atoms with E-state index in [-0.39, 0.29) is 12.2 Å². The zero-order chi connectivity index (χ0) is 12.3. The Morgan fingerprint density at radius 2 is 2.00 bits per heavy atom. The maximum atomic E-state index is 11.0. The summed E-state index contributed by atoms with van der Waals surface area (Å²) >= 11 is 0. The fourth-order valence-corrected chi connectivity index (χ4v) is 2.04. The molecule has 0 bridgehead atoms. The molecular weight excluding hydrogens is 228 g/mol. The molecule has 1 atom stereocenters. The molecule has 6 heteroatoms. The quantitative estimate of drug-likeness (QED) is 0.837. The maximum Gasteiger partial charge on any atom is 0.147 e. The third-order valence-electron chi connectivity index (χ3n) is 2.26. The van der Waals surface area contributed by atoms with Crippen LogP contribution in [0.5, 0.6) is 0 Å². The molecule has 1 N–H and O–H groups in total. The minimum absolute atomic E-state index is 0.0328. The second kappa shape index (κ2) is 4.88. The highest BCUT2D eigenvalue weighted by molar-refractivity contribution is 7.90. The number of nitrogens with zero attached hydrogens (tertiary/aromatic N) is 2. The van der Waals surface area contributed by atoms with Crippen molar-refractivity contribution in [1.82, 2.24) is 10.2 Å². The Bertz CT molecular complexity index is 471. The molecular formula is C10H16N2O3S. The zero-order valence-electron chi connectivity index (χ0n) is 9.64. The van der Waals surface area contributed by atoms with Crippen LogP contribution in [0.15, 0.2) is 6.07 Å². The van der Waals surface area contributed by atoms with Gasteiger partial charge in [-0.25, -0.2) is 8.42 Å². The molecule has 1 aromatic rings. The van der Waals surface area contributed by atoms with E-state index in [9.17, 15) is 13.5 Å². The molecule has 0 saturated heterocycles. The van der Waals surface area contributed by atoms with Crippen LogP contribution in [0.3, 0.4) is 0 Å². The molecule has 16 heavy (non-hydrogen) atoms. The van der Waals surface area contributed by atoms with Crippen LogP contribution >= 0.6 is 0 Å². The number of aromatic nitrogens is 2. The molecule has 1 unspecified atom stereocenters. The van der Waals surface area contributed by atoms with E-state index in [2.05, 4.69) is 10.2 Å². The first-order valence-corrected chi connectivity index (χ1v) is 7.02. The van der Waals surface area contributed by atoms with Crippen LogP contribution in [-0.4, -0.2) is 35.7 Å². The average molecular weight is 244 g/mol. The standard InChI is InChI=1S/C10H16N2O3S/c1-7-6-9(8(2)12-11-7)10(13)4-5-16(3,14)15/h6,10,13H,4-5H2,1-3H3. The van der Waals surface area contributed by atoms with Gasteiger partial charge in [-0.2, -0.15) is 10.2 Å². The van der Waals surface area contributed by atoms with E-state index >= 15 is 0 Å². The Morgan fingerprint density at radius 1 is 1.38 bits per heavy atom. The molecule has 0 aromatic carbocycles. The average Bonchev–Trinajstić information content (AvgIpc) is 2.17. The Balaban J connectivity index is 2.80. The molecule has 1 rings (SSSR count). The second-order valence-electron chi connectivity index (χ2n) is 3.96. The van der Waals surface area contributed by atoms with Gasteiger partial charge >= 0.3 is 0 Å². The molecule has 0 radical (unpaired) electrons. The van der Waals surface area contributed by atoms with Crippen molar-refractivity contribution in [2.24, 2.45) is 0 Å². The van der Waals surface area contributed by atoms with Crippen LogP contribution in [-0.2, 0) is 9.84 Å². The number of hydrogen-bond acceptors (Lipinski definition) is 5. The van der Waals surface area contributed by atoms with Crippen molar-refractivity contribution in [3.8, 4) is 0 Å². The topological polar surface area (TPSA) is 80.1 Å². The molecule has 0 aliphatic carbocycles. The summed E-state index contributed by atoms with van der Waals surface area (Å²) < 4.78 is 22.0. The monoisotopic (exact) mass is 244 g/mol. The fraction of sp³-hybridized carbons (Fsp3) is 0.600. The Morgan fingerprint density at radius 3 is 2.56 bits per heavy atom. The molecule has 0 aliphatic heterocycles. The Hall–Kier alpha value is -1.01. The first-order chi connectivity index (χ1) is 7.29. The van der Waals surface area contributed by atoms with Gasteiger partial charge in [-0.05, 0) is 26.3 Å². The fourth-order valence-electron chi connectivity index (χ4n) is 1.39. The highest BCUT2D eigenvalue weighted by Gasteiger charge is 2.14. The minimum atomic E-state index is -3.05. The van der Waals surface area contributed by atoms with Gasteiger partial charge in [0.25, 0.3) is 0 Å². The summed E-state index contributed by atoms with van der Waals surface area (Å²) in [5, 5.41) is 17.6. The van der Waals surface area contributed by atoms with Gasteiger partial charge in [-0.3, -0.25) is 0 Å². The summed E-state index contributed by atoms with van der Waals surface area (Å²) in [6.45, 7) is 3.52. The van der Waals surface area contributed by atoms with Gasteiger partial charge in [0.1, 0.15) is 9.84 Å². The molecule has 0 aliphatic rings. The van der Waals surface area contributed by atoms with Crippen molar-refractivity contribution in [2.75, 3.05) is 12.0 Å². The van der Waals surface area contributed by atoms with E-state index in [0.29, 0.717) is 17.0 Å². The van der Waals surface area contributed by atoms with Gasteiger partial charge in [-0.15, -0.1) is 0 Å². The summed E-state index contributed by atoms with van der Waals surface area (Å²) in [5.41, 5.74) is 1.99. The third kappa shape index (κ3) is 3.86. The lowest BCUT2D eigenvalue weighted by molar-refractivity contribution is 0.173. The van der Waals surface area contributed by atoms with Crippen LogP contribution in [0.4, 0.5) is 0 Å². The van der Waals surface area contributed by atoms with Crippen LogP contribution in [0.2, 0.25) is 0 Å². The van der Waals surface area contributed by atoms with Gasteiger partial charge < -0.3 is 5.11 Å². The molecule has 0 amide bonds. The van der Waals surface area contributed by atoms with Crippen molar-refractivity contribution >= 4 is 9.84 Å². The number of sulfone groups is 1. The van der Waals surface area contributed by atoms with Crippen molar-refractivity contribution in [3.63, 3.8) is 0 Å². The van der Waals surface area contributed by atoms with E-state index in [1.807, 2.05) is 0 Å². The highest BCUT2D eigenvalue weighted by Crippen LogP contribution is 2.19. The number of aliphatic hydroxyl groups is 1. The number of aryl methyl sites for hydroxylation is 2. The van der Waals surface area contributed by atoms with Crippen molar-refractivity contribution in [3.05, 3.63) is 23.0 Å². The number of aliphatic hydroxyl groups excluding tert-OH is 1. The third-order valence-corrected chi connectivity index (χ3v) is 3.24. The molecule has 90 valence electrons. The van der Waals surface area contributed by atoms with Crippen molar-refractivity contribution in [1.29, 1.82) is 0 Å². The van der Waals surface area contributed by atoms with Gasteiger partial charge in [0, 0.05) is 11.8 Å². The summed E-state index contributed by atoms with van der Waals surface area (Å²) in [5.74, 6) is -0.0328. The normalized spacial score (nSPS) is 13.8. The Kier molecular flexibility index (Phi) is 3.98. The van der Waals surface area contributed by atoms with Crippen LogP contribution in [0.1, 0.15) is 29.5 Å². The summed E-state index contributed by atoms with van der Waals surface area (Å²) in [6.07, 6.45) is 0.539. The molecule has 5 nitrogen and oxygen atoms in total. The van der Waals surface area contributed by atoms with E-state index in [4.69, 9.17) is 0 Å². The number of hydrogen-bond donors (Lipinski definition) is 1. The summed E-state index contributed by atoms with van der Waals surface area (Å²) in [6, 6.07) is 1.73. The van der Waals surface area contributed by atoms with Gasteiger partial charge in [-0.1, -0.05) is 0 Å². The molecule has 0 saturated carbocycles. The van der Waals surface area contributed by atoms with Gasteiger partial charge in [0.2, 0.25) is 0 Å². The minimum Gasteiger partial charge on any atom is -0.388 e. The SMILES string of the molecule is Cc1cc(C(O)CCS(C)(=O)=O)c(C)nn1. The first-order valence-electron chi connectivity index (χ1n) is 4.96.